The van der Waals surface area contributed by atoms with E-state index in [1.54, 1.807) is 4.68 Å². The van der Waals surface area contributed by atoms with Crippen LogP contribution >= 0.6 is 0 Å². The summed E-state index contributed by atoms with van der Waals surface area (Å²) in [6, 6.07) is 12.2. The van der Waals surface area contributed by atoms with Gasteiger partial charge in [-0.05, 0) is 31.9 Å². The van der Waals surface area contributed by atoms with Gasteiger partial charge in [-0.25, -0.2) is 4.98 Å². The number of hydrogen-bond donors (Lipinski definition) is 1. The molecular formula is C21H27N7O. The van der Waals surface area contributed by atoms with Crippen LogP contribution in [-0.2, 0) is 13.6 Å². The number of carbonyl (C=O) groups is 1. The topological polar surface area (TPSA) is 82.9 Å². The van der Waals surface area contributed by atoms with E-state index in [0.29, 0.717) is 18.8 Å². The van der Waals surface area contributed by atoms with Gasteiger partial charge in [-0.15, -0.1) is 0 Å². The van der Waals surface area contributed by atoms with Crippen molar-refractivity contribution in [3.8, 4) is 0 Å². The molecule has 1 atom stereocenters. The van der Waals surface area contributed by atoms with E-state index in [1.807, 2.05) is 37.9 Å². The van der Waals surface area contributed by atoms with Gasteiger partial charge in [0.15, 0.2) is 5.82 Å². The van der Waals surface area contributed by atoms with Gasteiger partial charge in [-0.1, -0.05) is 30.3 Å². The molecule has 0 saturated carbocycles. The van der Waals surface area contributed by atoms with Crippen molar-refractivity contribution in [1.82, 2.24) is 34.8 Å². The lowest BCUT2D eigenvalue weighted by Crippen LogP contribution is -2.38. The number of aromatic nitrogens is 5. The minimum Gasteiger partial charge on any atom is -0.335 e. The van der Waals surface area contributed by atoms with Crippen molar-refractivity contribution >= 4 is 5.91 Å². The maximum atomic E-state index is 13.2. The number of aromatic amines is 1. The number of nitrogens with one attached hydrogen (secondary N) is 1. The molecule has 1 unspecified atom stereocenters. The van der Waals surface area contributed by atoms with Gasteiger partial charge >= 0.3 is 0 Å². The third-order valence-electron chi connectivity index (χ3n) is 5.36. The van der Waals surface area contributed by atoms with Crippen LogP contribution < -0.4 is 0 Å². The van der Waals surface area contributed by atoms with Gasteiger partial charge in [-0.3, -0.25) is 19.5 Å². The van der Waals surface area contributed by atoms with E-state index in [9.17, 15) is 4.79 Å². The second-order valence-electron chi connectivity index (χ2n) is 7.65. The molecule has 0 spiro atoms. The zero-order chi connectivity index (χ0) is 20.4. The lowest BCUT2D eigenvalue weighted by Gasteiger charge is -2.30. The molecule has 1 N–H and O–H groups in total. The zero-order valence-corrected chi connectivity index (χ0v) is 17.2. The van der Waals surface area contributed by atoms with Gasteiger partial charge in [0.2, 0.25) is 0 Å². The number of H-pyrrole nitrogens is 1. The molecule has 1 aromatic carbocycles. The molecule has 0 bridgehead atoms. The lowest BCUT2D eigenvalue weighted by molar-refractivity contribution is 0.0715. The van der Waals surface area contributed by atoms with Crippen LogP contribution in [0.15, 0.2) is 36.4 Å². The summed E-state index contributed by atoms with van der Waals surface area (Å²) in [5.74, 6) is 1.52. The standard InChI is InChI=1S/C21H27N7O/c1-15-12-18(26(3)25-15)21(29)28-11-7-10-27(13-17-8-5-4-6-9-17)19(14-28)20-22-16(2)23-24-20/h4-6,8-9,12,19H,7,10-11,13-14H2,1-3H3,(H,22,23,24). The average molecular weight is 393 g/mol. The van der Waals surface area contributed by atoms with Crippen molar-refractivity contribution in [2.75, 3.05) is 19.6 Å². The fraction of sp³-hybridized carbons (Fsp3) is 0.429. The van der Waals surface area contributed by atoms with Crippen LogP contribution in [0.1, 0.15) is 45.9 Å². The van der Waals surface area contributed by atoms with E-state index in [-0.39, 0.29) is 11.9 Å². The van der Waals surface area contributed by atoms with Crippen molar-refractivity contribution in [1.29, 1.82) is 0 Å². The third-order valence-corrected chi connectivity index (χ3v) is 5.36. The number of aryl methyl sites for hydroxylation is 3. The maximum Gasteiger partial charge on any atom is 0.272 e. The number of benzene rings is 1. The van der Waals surface area contributed by atoms with Gasteiger partial charge in [0.1, 0.15) is 11.5 Å². The predicted octanol–water partition coefficient (Wildman–Crippen LogP) is 2.24. The Morgan fingerprint density at radius 3 is 2.66 bits per heavy atom. The molecule has 2 aromatic heterocycles. The normalized spacial score (nSPS) is 18.0. The number of hydrogen-bond acceptors (Lipinski definition) is 5. The minimum atomic E-state index is -0.0686. The molecule has 1 saturated heterocycles. The van der Waals surface area contributed by atoms with E-state index >= 15 is 0 Å². The molecule has 8 nitrogen and oxygen atoms in total. The first-order valence-corrected chi connectivity index (χ1v) is 9.98. The van der Waals surface area contributed by atoms with Crippen LogP contribution in [0.3, 0.4) is 0 Å². The average Bonchev–Trinajstić information content (AvgIpc) is 3.21. The highest BCUT2D eigenvalue weighted by Crippen LogP contribution is 2.25. The van der Waals surface area contributed by atoms with E-state index in [2.05, 4.69) is 49.4 Å². The second kappa shape index (κ2) is 8.16. The van der Waals surface area contributed by atoms with Crippen LogP contribution in [-0.4, -0.2) is 60.3 Å². The summed E-state index contributed by atoms with van der Waals surface area (Å²) < 4.78 is 1.66. The van der Waals surface area contributed by atoms with E-state index in [1.165, 1.54) is 5.56 Å². The molecule has 3 aromatic rings. The number of nitrogens with zero attached hydrogens (tertiary/aromatic N) is 6. The molecule has 1 aliphatic rings. The minimum absolute atomic E-state index is 0.00641. The van der Waals surface area contributed by atoms with Crippen LogP contribution in [0, 0.1) is 13.8 Å². The van der Waals surface area contributed by atoms with Crippen molar-refractivity contribution in [3.05, 3.63) is 65.0 Å². The molecule has 4 rings (SSSR count). The Bertz CT molecular complexity index is 978. The molecule has 1 aliphatic heterocycles. The van der Waals surface area contributed by atoms with E-state index in [0.717, 1.165) is 36.9 Å². The van der Waals surface area contributed by atoms with E-state index in [4.69, 9.17) is 0 Å². The summed E-state index contributed by atoms with van der Waals surface area (Å²) in [7, 11) is 1.82. The van der Waals surface area contributed by atoms with Gasteiger partial charge in [-0.2, -0.15) is 10.2 Å². The van der Waals surface area contributed by atoms with Crippen molar-refractivity contribution in [2.24, 2.45) is 7.05 Å². The van der Waals surface area contributed by atoms with Crippen LogP contribution in [0.5, 0.6) is 0 Å². The Hall–Kier alpha value is -3.00. The molecule has 152 valence electrons. The number of rotatable bonds is 4. The molecular weight excluding hydrogens is 366 g/mol. The first-order chi connectivity index (χ1) is 14.0. The summed E-state index contributed by atoms with van der Waals surface area (Å²) in [5, 5.41) is 11.7. The third kappa shape index (κ3) is 4.22. The van der Waals surface area contributed by atoms with Crippen LogP contribution in [0.4, 0.5) is 0 Å². The largest absolute Gasteiger partial charge is 0.335 e. The molecule has 0 radical (unpaired) electrons. The molecule has 29 heavy (non-hydrogen) atoms. The van der Waals surface area contributed by atoms with Gasteiger partial charge in [0.05, 0.1) is 11.7 Å². The molecule has 0 aliphatic carbocycles. The zero-order valence-electron chi connectivity index (χ0n) is 17.2. The first kappa shape index (κ1) is 19.3. The smallest absolute Gasteiger partial charge is 0.272 e. The summed E-state index contributed by atoms with van der Waals surface area (Å²) in [6.45, 7) is 6.73. The quantitative estimate of drug-likeness (QED) is 0.735. The second-order valence-corrected chi connectivity index (χ2v) is 7.65. The van der Waals surface area contributed by atoms with Gasteiger partial charge in [0, 0.05) is 33.2 Å². The summed E-state index contributed by atoms with van der Waals surface area (Å²) in [4.78, 5) is 22.1. The Morgan fingerprint density at radius 2 is 2.00 bits per heavy atom. The van der Waals surface area contributed by atoms with E-state index < -0.39 is 0 Å². The lowest BCUT2D eigenvalue weighted by atomic mass is 10.1. The molecule has 1 fully saturated rings. The Kier molecular flexibility index (Phi) is 5.44. The summed E-state index contributed by atoms with van der Waals surface area (Å²) in [6.07, 6.45) is 0.898. The number of amides is 1. The molecule has 1 amide bonds. The first-order valence-electron chi connectivity index (χ1n) is 9.98. The van der Waals surface area contributed by atoms with Crippen LogP contribution in [0.2, 0.25) is 0 Å². The fourth-order valence-corrected chi connectivity index (χ4v) is 3.95. The Balaban J connectivity index is 1.62. The maximum absolute atomic E-state index is 13.2. The van der Waals surface area contributed by atoms with Gasteiger partial charge < -0.3 is 4.90 Å². The predicted molar refractivity (Wildman–Crippen MR) is 109 cm³/mol. The van der Waals surface area contributed by atoms with Crippen molar-refractivity contribution < 1.29 is 4.79 Å². The van der Waals surface area contributed by atoms with Gasteiger partial charge in [0.25, 0.3) is 5.91 Å². The highest BCUT2D eigenvalue weighted by atomic mass is 16.2. The Morgan fingerprint density at radius 1 is 1.21 bits per heavy atom. The Labute approximate surface area is 170 Å². The van der Waals surface area contributed by atoms with Crippen molar-refractivity contribution in [2.45, 2.75) is 32.9 Å². The summed E-state index contributed by atoms with van der Waals surface area (Å²) >= 11 is 0. The fourth-order valence-electron chi connectivity index (χ4n) is 3.95. The summed E-state index contributed by atoms with van der Waals surface area (Å²) in [5.41, 5.74) is 2.70. The van der Waals surface area contributed by atoms with Crippen LogP contribution in [0.25, 0.3) is 0 Å². The number of carbonyl (C=O) groups excluding carboxylic acids is 1. The molecule has 8 heteroatoms. The monoisotopic (exact) mass is 393 g/mol. The highest BCUT2D eigenvalue weighted by Gasteiger charge is 2.32. The SMILES string of the molecule is Cc1cc(C(=O)N2CCCN(Cc3ccccc3)C(c3n[nH]c(C)n3)C2)n(C)n1. The highest BCUT2D eigenvalue weighted by molar-refractivity contribution is 5.92. The van der Waals surface area contributed by atoms with Crippen molar-refractivity contribution in [3.63, 3.8) is 0 Å². The molecule has 3 heterocycles.